The van der Waals surface area contributed by atoms with Crippen LogP contribution in [0.4, 0.5) is 0 Å². The zero-order valence-electron chi connectivity index (χ0n) is 30.5. The topological polar surface area (TPSA) is 146 Å². The van der Waals surface area contributed by atoms with Crippen LogP contribution >= 0.6 is 0 Å². The molecule has 0 aromatic carbocycles. The molecule has 4 saturated carbocycles. The Kier molecular flexibility index (Phi) is 14.9. The van der Waals surface area contributed by atoms with Crippen LogP contribution in [-0.4, -0.2) is 75.6 Å². The fourth-order valence-corrected chi connectivity index (χ4v) is 11.8. The van der Waals surface area contributed by atoms with E-state index < -0.39 is 16.5 Å². The van der Waals surface area contributed by atoms with Gasteiger partial charge in [0.1, 0.15) is 0 Å². The summed E-state index contributed by atoms with van der Waals surface area (Å²) in [6.45, 7) is 17.4. The SMILES string of the molecule is CC(C)C(CC[C@@H](C)[C@H]1CC[C@H]2[C@@H]3[C@H](O)C[C@H]4C[C@@H](NCCCNCCCCNCCCN)CCC4(C)[C@H]3CCC12C)OS(=O)(=O)O. The third-order valence-corrected chi connectivity index (χ3v) is 14.3. The lowest BCUT2D eigenvalue weighted by Crippen LogP contribution is -2.59. The molecule has 4 aliphatic carbocycles. The maximum Gasteiger partial charge on any atom is 0.397 e. The van der Waals surface area contributed by atoms with Gasteiger partial charge in [0.05, 0.1) is 12.2 Å². The molecule has 0 aliphatic heterocycles. The average molecular weight is 685 g/mol. The standard InChI is InChI=1S/C37H72N4O5S/c1-26(2)34(46-47(43,44)45)13-10-27(3)30-11-12-31-35-32(15-17-37(30,31)5)36(4)16-14-29(24-28(36)25-33(35)42)41-23-9-22-40-20-7-6-19-39-21-8-18-38/h26-35,39-42H,6-25,38H2,1-5H3,(H,43,44,45)/t27-,28-,29+,30-,31+,32+,33-,34?,35+,36?,37?/m1/s1. The first-order valence-electron chi connectivity index (χ1n) is 19.5. The van der Waals surface area contributed by atoms with Crippen molar-refractivity contribution in [3.8, 4) is 0 Å². The van der Waals surface area contributed by atoms with E-state index in [-0.39, 0.29) is 17.4 Å². The summed E-state index contributed by atoms with van der Waals surface area (Å²) in [4.78, 5) is 0. The Morgan fingerprint density at radius 1 is 0.830 bits per heavy atom. The molecule has 9 nitrogen and oxygen atoms in total. The van der Waals surface area contributed by atoms with Crippen molar-refractivity contribution in [3.05, 3.63) is 0 Å². The number of fused-ring (bicyclic) bond motifs is 5. The second-order valence-corrected chi connectivity index (χ2v) is 18.1. The maximum absolute atomic E-state index is 11.8. The van der Waals surface area contributed by atoms with Gasteiger partial charge in [-0.15, -0.1) is 0 Å². The van der Waals surface area contributed by atoms with Crippen molar-refractivity contribution in [1.82, 2.24) is 16.0 Å². The van der Waals surface area contributed by atoms with Gasteiger partial charge < -0.3 is 26.8 Å². The first-order valence-corrected chi connectivity index (χ1v) is 20.8. The molecule has 0 saturated heterocycles. The van der Waals surface area contributed by atoms with E-state index in [1.807, 2.05) is 13.8 Å². The summed E-state index contributed by atoms with van der Waals surface area (Å²) in [6, 6.07) is 0.571. The number of aliphatic hydroxyl groups excluding tert-OH is 1. The highest BCUT2D eigenvalue weighted by Gasteiger charge is 2.62. The molecule has 11 atom stereocenters. The Labute approximate surface area is 288 Å². The molecule has 10 heteroatoms. The van der Waals surface area contributed by atoms with E-state index in [1.165, 1.54) is 57.8 Å². The molecule has 47 heavy (non-hydrogen) atoms. The molecule has 0 bridgehead atoms. The summed E-state index contributed by atoms with van der Waals surface area (Å²) in [6.07, 6.45) is 15.0. The predicted octanol–water partition coefficient (Wildman–Crippen LogP) is 5.53. The molecule has 0 spiro atoms. The molecule has 0 aromatic rings. The molecule has 0 aromatic heterocycles. The van der Waals surface area contributed by atoms with Gasteiger partial charge in [0.25, 0.3) is 0 Å². The minimum absolute atomic E-state index is 0.0137. The predicted molar refractivity (Wildman–Crippen MR) is 191 cm³/mol. The number of rotatable bonds is 20. The minimum atomic E-state index is -4.46. The van der Waals surface area contributed by atoms with Crippen LogP contribution in [0.3, 0.4) is 0 Å². The van der Waals surface area contributed by atoms with Crippen molar-refractivity contribution in [2.24, 2.45) is 58.0 Å². The number of nitrogens with one attached hydrogen (secondary N) is 3. The highest BCUT2D eigenvalue weighted by atomic mass is 32.3. The Balaban J connectivity index is 1.23. The number of hydrogen-bond acceptors (Lipinski definition) is 8. The smallest absolute Gasteiger partial charge is 0.393 e. The van der Waals surface area contributed by atoms with Gasteiger partial charge in [-0.05, 0) is 181 Å². The minimum Gasteiger partial charge on any atom is -0.393 e. The van der Waals surface area contributed by atoms with Crippen LogP contribution < -0.4 is 21.7 Å². The van der Waals surface area contributed by atoms with Crippen molar-refractivity contribution in [2.75, 3.05) is 39.3 Å². The summed E-state index contributed by atoms with van der Waals surface area (Å²) in [5.74, 6) is 3.20. The first-order chi connectivity index (χ1) is 22.3. The van der Waals surface area contributed by atoms with Crippen molar-refractivity contribution >= 4 is 10.4 Å². The van der Waals surface area contributed by atoms with Gasteiger partial charge in [-0.3, -0.25) is 4.55 Å². The lowest BCUT2D eigenvalue weighted by atomic mass is 9.43. The van der Waals surface area contributed by atoms with Gasteiger partial charge in [0.15, 0.2) is 0 Å². The van der Waals surface area contributed by atoms with Crippen LogP contribution in [0.1, 0.15) is 125 Å². The largest absolute Gasteiger partial charge is 0.397 e. The summed E-state index contributed by atoms with van der Waals surface area (Å²) in [5.41, 5.74) is 6.08. The van der Waals surface area contributed by atoms with Gasteiger partial charge in [-0.25, -0.2) is 4.18 Å². The zero-order valence-corrected chi connectivity index (χ0v) is 31.3. The van der Waals surface area contributed by atoms with Gasteiger partial charge in [0, 0.05) is 6.04 Å². The molecule has 3 unspecified atom stereocenters. The fraction of sp³-hybridized carbons (Fsp3) is 1.00. The third-order valence-electron chi connectivity index (χ3n) is 13.8. The van der Waals surface area contributed by atoms with Crippen LogP contribution in [0.15, 0.2) is 0 Å². The zero-order chi connectivity index (χ0) is 34.2. The lowest BCUT2D eigenvalue weighted by molar-refractivity contribution is -0.167. The Hall–Kier alpha value is -0.330. The van der Waals surface area contributed by atoms with E-state index in [1.54, 1.807) is 0 Å². The molecule has 0 radical (unpaired) electrons. The molecule has 4 aliphatic rings. The molecule has 0 heterocycles. The van der Waals surface area contributed by atoms with Crippen molar-refractivity contribution in [2.45, 2.75) is 143 Å². The second kappa shape index (κ2) is 17.7. The summed E-state index contributed by atoms with van der Waals surface area (Å²) >= 11 is 0. The van der Waals surface area contributed by atoms with Crippen LogP contribution in [0.2, 0.25) is 0 Å². The third kappa shape index (κ3) is 10.1. The second-order valence-electron chi connectivity index (χ2n) is 17.0. The molecular weight excluding hydrogens is 612 g/mol. The van der Waals surface area contributed by atoms with Crippen LogP contribution in [-0.2, 0) is 14.6 Å². The number of aliphatic hydroxyl groups is 1. The van der Waals surface area contributed by atoms with E-state index in [9.17, 15) is 18.1 Å². The first kappa shape index (κ1) is 39.5. The van der Waals surface area contributed by atoms with Crippen molar-refractivity contribution < 1.29 is 22.3 Å². The van der Waals surface area contributed by atoms with Crippen molar-refractivity contribution in [1.29, 1.82) is 0 Å². The monoisotopic (exact) mass is 685 g/mol. The Bertz CT molecular complexity index is 1050. The summed E-state index contributed by atoms with van der Waals surface area (Å²) < 4.78 is 37.2. The number of nitrogens with two attached hydrogens (primary N) is 1. The van der Waals surface area contributed by atoms with Crippen LogP contribution in [0, 0.1) is 52.3 Å². The quantitative estimate of drug-likeness (QED) is 0.0720. The van der Waals surface area contributed by atoms with E-state index in [0.29, 0.717) is 53.4 Å². The highest BCUT2D eigenvalue weighted by Crippen LogP contribution is 2.68. The van der Waals surface area contributed by atoms with Crippen LogP contribution in [0.5, 0.6) is 0 Å². The number of hydrogen-bond donors (Lipinski definition) is 6. The Morgan fingerprint density at radius 2 is 1.47 bits per heavy atom. The molecular formula is C37H72N4O5S. The van der Waals surface area contributed by atoms with Gasteiger partial charge in [-0.2, -0.15) is 8.42 Å². The van der Waals surface area contributed by atoms with Gasteiger partial charge in [-0.1, -0.05) is 34.6 Å². The maximum atomic E-state index is 11.8. The van der Waals surface area contributed by atoms with Gasteiger partial charge in [0.2, 0.25) is 0 Å². The number of unbranched alkanes of at least 4 members (excludes halogenated alkanes) is 1. The normalized spacial score (nSPS) is 36.9. The molecule has 0 amide bonds. The van der Waals surface area contributed by atoms with E-state index in [2.05, 4.69) is 36.7 Å². The van der Waals surface area contributed by atoms with Crippen molar-refractivity contribution in [3.63, 3.8) is 0 Å². The fourth-order valence-electron chi connectivity index (χ4n) is 11.2. The van der Waals surface area contributed by atoms with E-state index in [4.69, 9.17) is 9.92 Å². The molecule has 7 N–H and O–H groups in total. The molecule has 4 fully saturated rings. The summed E-state index contributed by atoms with van der Waals surface area (Å²) in [5, 5.41) is 22.8. The molecule has 4 rings (SSSR count). The van der Waals surface area contributed by atoms with E-state index >= 15 is 0 Å². The highest BCUT2D eigenvalue weighted by molar-refractivity contribution is 7.80. The summed E-state index contributed by atoms with van der Waals surface area (Å²) in [7, 11) is -4.46. The van der Waals surface area contributed by atoms with Crippen LogP contribution in [0.25, 0.3) is 0 Å². The van der Waals surface area contributed by atoms with E-state index in [0.717, 1.165) is 65.0 Å². The molecule has 276 valence electrons. The lowest BCUT2D eigenvalue weighted by Gasteiger charge is -2.62. The van der Waals surface area contributed by atoms with Gasteiger partial charge >= 0.3 is 10.4 Å². The Morgan fingerprint density at radius 3 is 2.13 bits per heavy atom. The average Bonchev–Trinajstić information content (AvgIpc) is 3.36.